The first-order chi connectivity index (χ1) is 10.1. The predicted octanol–water partition coefficient (Wildman–Crippen LogP) is 3.04. The van der Waals surface area contributed by atoms with Crippen LogP contribution < -0.4 is 10.1 Å². The summed E-state index contributed by atoms with van der Waals surface area (Å²) in [7, 11) is 0. The standard InChI is InChI=1S/C15H19Cl2NO3/c16-11-7-12(17)9-13(8-11)21-6-4-15(20)18-14(3-5-19)10-1-2-10/h7-10,14,19H,1-6H2,(H,18,20). The number of amides is 1. The Bertz CT molecular complexity index is 472. The van der Waals surface area contributed by atoms with Gasteiger partial charge in [0.15, 0.2) is 0 Å². The summed E-state index contributed by atoms with van der Waals surface area (Å²) in [5, 5.41) is 13.0. The maximum atomic E-state index is 11.9. The Balaban J connectivity index is 1.73. The topological polar surface area (TPSA) is 58.6 Å². The van der Waals surface area contributed by atoms with Crippen LogP contribution in [-0.4, -0.2) is 30.3 Å². The Morgan fingerprint density at radius 1 is 1.33 bits per heavy atom. The summed E-state index contributed by atoms with van der Waals surface area (Å²) in [6.45, 7) is 0.359. The minimum atomic E-state index is -0.0616. The molecule has 1 saturated carbocycles. The number of carbonyl (C=O) groups excluding carboxylic acids is 1. The molecule has 1 aromatic rings. The maximum Gasteiger partial charge on any atom is 0.223 e. The third kappa shape index (κ3) is 5.73. The number of benzene rings is 1. The highest BCUT2D eigenvalue weighted by Gasteiger charge is 2.31. The maximum absolute atomic E-state index is 11.9. The normalized spacial score (nSPS) is 15.6. The van der Waals surface area contributed by atoms with Crippen LogP contribution in [0.5, 0.6) is 5.75 Å². The fourth-order valence-electron chi connectivity index (χ4n) is 2.22. The van der Waals surface area contributed by atoms with Gasteiger partial charge in [-0.3, -0.25) is 4.79 Å². The van der Waals surface area contributed by atoms with Gasteiger partial charge in [0.25, 0.3) is 0 Å². The van der Waals surface area contributed by atoms with E-state index in [2.05, 4.69) is 5.32 Å². The Hall–Kier alpha value is -0.970. The van der Waals surface area contributed by atoms with Crippen molar-refractivity contribution in [3.05, 3.63) is 28.2 Å². The molecule has 0 aromatic heterocycles. The zero-order chi connectivity index (χ0) is 15.2. The second kappa shape index (κ2) is 7.87. The van der Waals surface area contributed by atoms with Crippen molar-refractivity contribution in [2.75, 3.05) is 13.2 Å². The molecule has 2 rings (SSSR count). The van der Waals surface area contributed by atoms with Crippen molar-refractivity contribution in [3.63, 3.8) is 0 Å². The first-order valence-corrected chi connectivity index (χ1v) is 7.83. The molecule has 1 aromatic carbocycles. The molecule has 1 fully saturated rings. The molecule has 21 heavy (non-hydrogen) atoms. The van der Waals surface area contributed by atoms with Crippen LogP contribution in [0.3, 0.4) is 0 Å². The molecule has 116 valence electrons. The van der Waals surface area contributed by atoms with Gasteiger partial charge in [-0.15, -0.1) is 0 Å². The number of rotatable bonds is 8. The summed E-state index contributed by atoms with van der Waals surface area (Å²) in [5.74, 6) is 1.01. The zero-order valence-corrected chi connectivity index (χ0v) is 13.2. The van der Waals surface area contributed by atoms with Gasteiger partial charge < -0.3 is 15.2 Å². The molecule has 0 spiro atoms. The van der Waals surface area contributed by atoms with Crippen molar-refractivity contribution < 1.29 is 14.6 Å². The molecule has 0 aliphatic heterocycles. The first kappa shape index (κ1) is 16.4. The van der Waals surface area contributed by atoms with Crippen molar-refractivity contribution in [1.29, 1.82) is 0 Å². The second-order valence-electron chi connectivity index (χ2n) is 5.23. The van der Waals surface area contributed by atoms with Crippen molar-refractivity contribution in [3.8, 4) is 5.75 Å². The van der Waals surface area contributed by atoms with E-state index in [-0.39, 0.29) is 31.6 Å². The van der Waals surface area contributed by atoms with Crippen LogP contribution in [0.1, 0.15) is 25.7 Å². The van der Waals surface area contributed by atoms with Gasteiger partial charge in [-0.2, -0.15) is 0 Å². The highest BCUT2D eigenvalue weighted by Crippen LogP contribution is 2.33. The number of carbonyl (C=O) groups is 1. The molecule has 4 nitrogen and oxygen atoms in total. The van der Waals surface area contributed by atoms with E-state index < -0.39 is 0 Å². The summed E-state index contributed by atoms with van der Waals surface area (Å²) in [6.07, 6.45) is 3.13. The van der Waals surface area contributed by atoms with E-state index in [1.807, 2.05) is 0 Å². The van der Waals surface area contributed by atoms with Gasteiger partial charge in [0.1, 0.15) is 5.75 Å². The molecule has 1 atom stereocenters. The van der Waals surface area contributed by atoms with Crippen molar-refractivity contribution >= 4 is 29.1 Å². The van der Waals surface area contributed by atoms with E-state index in [1.165, 1.54) is 0 Å². The predicted molar refractivity (Wildman–Crippen MR) is 82.9 cm³/mol. The lowest BCUT2D eigenvalue weighted by molar-refractivity contribution is -0.122. The number of aliphatic hydroxyl groups excluding tert-OH is 1. The fraction of sp³-hybridized carbons (Fsp3) is 0.533. The lowest BCUT2D eigenvalue weighted by Gasteiger charge is -2.17. The molecular formula is C15H19Cl2NO3. The Kier molecular flexibility index (Phi) is 6.15. The number of nitrogens with one attached hydrogen (secondary N) is 1. The minimum Gasteiger partial charge on any atom is -0.493 e. The van der Waals surface area contributed by atoms with Crippen LogP contribution in [0.4, 0.5) is 0 Å². The van der Waals surface area contributed by atoms with Gasteiger partial charge in [0.2, 0.25) is 5.91 Å². The number of hydrogen-bond acceptors (Lipinski definition) is 3. The number of halogens is 2. The summed E-state index contributed by atoms with van der Waals surface area (Å²) < 4.78 is 5.48. The average molecular weight is 332 g/mol. The fourth-order valence-corrected chi connectivity index (χ4v) is 2.72. The van der Waals surface area contributed by atoms with Gasteiger partial charge in [-0.1, -0.05) is 23.2 Å². The molecule has 1 aliphatic carbocycles. The van der Waals surface area contributed by atoms with Crippen molar-refractivity contribution in [2.24, 2.45) is 5.92 Å². The van der Waals surface area contributed by atoms with Gasteiger partial charge in [0.05, 0.1) is 13.0 Å². The largest absolute Gasteiger partial charge is 0.493 e. The summed E-state index contributed by atoms with van der Waals surface area (Å²) >= 11 is 11.7. The van der Waals surface area contributed by atoms with E-state index in [0.29, 0.717) is 28.1 Å². The smallest absolute Gasteiger partial charge is 0.223 e. The molecule has 2 N–H and O–H groups in total. The Morgan fingerprint density at radius 2 is 2.00 bits per heavy atom. The molecule has 0 heterocycles. The van der Waals surface area contributed by atoms with E-state index in [9.17, 15) is 4.79 Å². The molecule has 1 unspecified atom stereocenters. The Morgan fingerprint density at radius 3 is 2.57 bits per heavy atom. The van der Waals surface area contributed by atoms with Crippen LogP contribution >= 0.6 is 23.2 Å². The molecule has 1 aliphatic rings. The van der Waals surface area contributed by atoms with Crippen molar-refractivity contribution in [1.82, 2.24) is 5.32 Å². The lowest BCUT2D eigenvalue weighted by Crippen LogP contribution is -2.37. The summed E-state index contributed by atoms with van der Waals surface area (Å²) in [4.78, 5) is 11.9. The molecule has 6 heteroatoms. The summed E-state index contributed by atoms with van der Waals surface area (Å²) in [5.41, 5.74) is 0. The van der Waals surface area contributed by atoms with E-state index in [0.717, 1.165) is 12.8 Å². The quantitative estimate of drug-likeness (QED) is 0.769. The van der Waals surface area contributed by atoms with Crippen LogP contribution in [-0.2, 0) is 4.79 Å². The number of ether oxygens (including phenoxy) is 1. The first-order valence-electron chi connectivity index (χ1n) is 7.07. The van der Waals surface area contributed by atoms with Crippen molar-refractivity contribution in [2.45, 2.75) is 31.7 Å². The number of aliphatic hydroxyl groups is 1. The minimum absolute atomic E-state index is 0.0616. The van der Waals surface area contributed by atoms with Crippen LogP contribution in [0, 0.1) is 5.92 Å². The van der Waals surface area contributed by atoms with E-state index in [4.69, 9.17) is 33.0 Å². The lowest BCUT2D eigenvalue weighted by atomic mass is 10.1. The molecule has 0 radical (unpaired) electrons. The highest BCUT2D eigenvalue weighted by atomic mass is 35.5. The molecule has 1 amide bonds. The monoisotopic (exact) mass is 331 g/mol. The second-order valence-corrected chi connectivity index (χ2v) is 6.10. The SMILES string of the molecule is O=C(CCOc1cc(Cl)cc(Cl)c1)NC(CCO)C1CC1. The van der Waals surface area contributed by atoms with Gasteiger partial charge in [0, 0.05) is 22.7 Å². The van der Waals surface area contributed by atoms with Gasteiger partial charge >= 0.3 is 0 Å². The average Bonchev–Trinajstić information content (AvgIpc) is 3.21. The third-order valence-corrected chi connectivity index (χ3v) is 3.85. The van der Waals surface area contributed by atoms with Gasteiger partial charge in [-0.25, -0.2) is 0 Å². The van der Waals surface area contributed by atoms with Crippen LogP contribution in [0.2, 0.25) is 10.0 Å². The Labute approximate surface area is 134 Å². The van der Waals surface area contributed by atoms with E-state index in [1.54, 1.807) is 18.2 Å². The molecule has 0 bridgehead atoms. The highest BCUT2D eigenvalue weighted by molar-refractivity contribution is 6.34. The number of hydrogen-bond donors (Lipinski definition) is 2. The molecule has 0 saturated heterocycles. The third-order valence-electron chi connectivity index (χ3n) is 3.41. The van der Waals surface area contributed by atoms with Crippen LogP contribution in [0.25, 0.3) is 0 Å². The zero-order valence-electron chi connectivity index (χ0n) is 11.6. The van der Waals surface area contributed by atoms with Gasteiger partial charge in [-0.05, 0) is 43.4 Å². The summed E-state index contributed by atoms with van der Waals surface area (Å²) in [6, 6.07) is 5.02. The molecular weight excluding hydrogens is 313 g/mol. The van der Waals surface area contributed by atoms with E-state index >= 15 is 0 Å². The van der Waals surface area contributed by atoms with Crippen LogP contribution in [0.15, 0.2) is 18.2 Å².